The lowest BCUT2D eigenvalue weighted by Gasteiger charge is -2.22. The summed E-state index contributed by atoms with van der Waals surface area (Å²) in [4.78, 5) is 28.8. The quantitative estimate of drug-likeness (QED) is 0.570. The molecule has 5 nitrogen and oxygen atoms in total. The summed E-state index contributed by atoms with van der Waals surface area (Å²) in [5.41, 5.74) is 2.35. The molecule has 0 saturated carbocycles. The molecule has 28 heavy (non-hydrogen) atoms. The van der Waals surface area contributed by atoms with E-state index in [1.807, 2.05) is 31.2 Å². The van der Waals surface area contributed by atoms with E-state index in [9.17, 15) is 9.59 Å². The van der Waals surface area contributed by atoms with E-state index in [-0.39, 0.29) is 18.2 Å². The molecule has 0 radical (unpaired) electrons. The predicted octanol–water partition coefficient (Wildman–Crippen LogP) is 4.17. The van der Waals surface area contributed by atoms with Gasteiger partial charge >= 0.3 is 0 Å². The zero-order valence-electron chi connectivity index (χ0n) is 15.4. The SMILES string of the molecule is C=CCN1C(=S)N(c2ccc(C)cc2)C(=O)[C@@H]1CC(=O)Nc1cccc(Cl)c1. The van der Waals surface area contributed by atoms with Crippen LogP contribution in [-0.4, -0.2) is 34.4 Å². The third-order valence-corrected chi connectivity index (χ3v) is 5.08. The second-order valence-electron chi connectivity index (χ2n) is 6.51. The average molecular weight is 414 g/mol. The largest absolute Gasteiger partial charge is 0.332 e. The van der Waals surface area contributed by atoms with Crippen LogP contribution in [0, 0.1) is 6.92 Å². The number of anilines is 2. The molecule has 0 aromatic heterocycles. The van der Waals surface area contributed by atoms with E-state index in [1.54, 1.807) is 35.2 Å². The van der Waals surface area contributed by atoms with Gasteiger partial charge in [-0.05, 0) is 49.5 Å². The van der Waals surface area contributed by atoms with Crippen molar-refractivity contribution >= 4 is 52.1 Å². The molecular weight excluding hydrogens is 394 g/mol. The Morgan fingerprint density at radius 1 is 1.29 bits per heavy atom. The minimum absolute atomic E-state index is 0.0261. The monoisotopic (exact) mass is 413 g/mol. The number of benzene rings is 2. The van der Waals surface area contributed by atoms with Crippen molar-refractivity contribution in [1.82, 2.24) is 4.90 Å². The molecule has 1 aliphatic rings. The van der Waals surface area contributed by atoms with Crippen LogP contribution in [0.3, 0.4) is 0 Å². The van der Waals surface area contributed by atoms with Gasteiger partial charge < -0.3 is 10.2 Å². The topological polar surface area (TPSA) is 52.7 Å². The standard InChI is InChI=1S/C21H20ClN3O2S/c1-3-11-24-18(13-19(26)23-16-6-4-5-15(22)12-16)20(27)25(21(24)28)17-9-7-14(2)8-10-17/h3-10,12,18H,1,11,13H2,2H3,(H,23,26)/t18-/m0/s1. The van der Waals surface area contributed by atoms with Crippen LogP contribution in [0.25, 0.3) is 0 Å². The molecule has 0 aliphatic carbocycles. The molecule has 2 amide bonds. The van der Waals surface area contributed by atoms with Crippen LogP contribution in [0.15, 0.2) is 61.2 Å². The average Bonchev–Trinajstić information content (AvgIpc) is 2.87. The maximum absolute atomic E-state index is 13.1. The van der Waals surface area contributed by atoms with E-state index in [2.05, 4.69) is 11.9 Å². The summed E-state index contributed by atoms with van der Waals surface area (Å²) in [6.45, 7) is 6.09. The Hall–Kier alpha value is -2.70. The lowest BCUT2D eigenvalue weighted by molar-refractivity contribution is -0.124. The number of carbonyl (C=O) groups is 2. The van der Waals surface area contributed by atoms with Crippen LogP contribution in [0.4, 0.5) is 11.4 Å². The Morgan fingerprint density at radius 3 is 2.64 bits per heavy atom. The molecule has 1 atom stereocenters. The second kappa shape index (κ2) is 8.54. The molecule has 0 spiro atoms. The summed E-state index contributed by atoms with van der Waals surface area (Å²) < 4.78 is 0. The third kappa shape index (κ3) is 4.24. The van der Waals surface area contributed by atoms with Crippen molar-refractivity contribution in [2.75, 3.05) is 16.8 Å². The summed E-state index contributed by atoms with van der Waals surface area (Å²) in [5.74, 6) is -0.514. The first-order valence-electron chi connectivity index (χ1n) is 8.78. The van der Waals surface area contributed by atoms with Gasteiger partial charge in [0.2, 0.25) is 5.91 Å². The first kappa shape index (κ1) is 20.0. The maximum atomic E-state index is 13.1. The van der Waals surface area contributed by atoms with Gasteiger partial charge in [0.25, 0.3) is 5.91 Å². The Kier molecular flexibility index (Phi) is 6.11. The molecule has 2 aromatic rings. The Morgan fingerprint density at radius 2 is 2.00 bits per heavy atom. The van der Waals surface area contributed by atoms with E-state index >= 15 is 0 Å². The summed E-state index contributed by atoms with van der Waals surface area (Å²) in [5, 5.41) is 3.67. The van der Waals surface area contributed by atoms with Crippen LogP contribution in [0.5, 0.6) is 0 Å². The number of halogens is 1. The second-order valence-corrected chi connectivity index (χ2v) is 7.31. The van der Waals surface area contributed by atoms with E-state index in [0.29, 0.717) is 28.1 Å². The number of aryl methyl sites for hydroxylation is 1. The summed E-state index contributed by atoms with van der Waals surface area (Å²) in [6, 6.07) is 13.7. The molecule has 3 rings (SSSR count). The third-order valence-electron chi connectivity index (χ3n) is 4.42. The van der Waals surface area contributed by atoms with Gasteiger partial charge in [-0.1, -0.05) is 41.4 Å². The number of carbonyl (C=O) groups excluding carboxylic acids is 2. The fourth-order valence-electron chi connectivity index (χ4n) is 3.07. The highest BCUT2D eigenvalue weighted by Gasteiger charge is 2.43. The Bertz CT molecular complexity index is 930. The molecule has 2 aromatic carbocycles. The lowest BCUT2D eigenvalue weighted by Crippen LogP contribution is -2.37. The van der Waals surface area contributed by atoms with Crippen LogP contribution >= 0.6 is 23.8 Å². The Balaban J connectivity index is 1.80. The lowest BCUT2D eigenvalue weighted by atomic mass is 10.1. The number of hydrogen-bond donors (Lipinski definition) is 1. The van der Waals surface area contributed by atoms with Crippen molar-refractivity contribution in [3.8, 4) is 0 Å². The van der Waals surface area contributed by atoms with Crippen molar-refractivity contribution in [3.05, 3.63) is 71.8 Å². The van der Waals surface area contributed by atoms with Crippen molar-refractivity contribution in [3.63, 3.8) is 0 Å². The maximum Gasteiger partial charge on any atom is 0.256 e. The highest BCUT2D eigenvalue weighted by molar-refractivity contribution is 7.80. The number of nitrogens with zero attached hydrogens (tertiary/aromatic N) is 2. The van der Waals surface area contributed by atoms with Gasteiger partial charge in [0, 0.05) is 17.3 Å². The van der Waals surface area contributed by atoms with E-state index < -0.39 is 6.04 Å². The number of hydrogen-bond acceptors (Lipinski definition) is 3. The number of amides is 2. The van der Waals surface area contributed by atoms with Crippen LogP contribution < -0.4 is 10.2 Å². The van der Waals surface area contributed by atoms with E-state index in [4.69, 9.17) is 23.8 Å². The molecule has 1 fully saturated rings. The molecule has 1 heterocycles. The van der Waals surface area contributed by atoms with E-state index in [1.165, 1.54) is 4.90 Å². The minimum Gasteiger partial charge on any atom is -0.332 e. The summed E-state index contributed by atoms with van der Waals surface area (Å²) in [6.07, 6.45) is 1.64. The van der Waals surface area contributed by atoms with Crippen LogP contribution in [0.1, 0.15) is 12.0 Å². The predicted molar refractivity (Wildman–Crippen MR) is 117 cm³/mol. The van der Waals surface area contributed by atoms with Crippen LogP contribution in [-0.2, 0) is 9.59 Å². The zero-order valence-corrected chi connectivity index (χ0v) is 17.0. The van der Waals surface area contributed by atoms with Crippen molar-refractivity contribution in [2.45, 2.75) is 19.4 Å². The molecule has 1 N–H and O–H groups in total. The molecule has 7 heteroatoms. The number of thiocarbonyl (C=S) groups is 1. The molecule has 1 aliphatic heterocycles. The molecule has 0 unspecified atom stereocenters. The van der Waals surface area contributed by atoms with E-state index in [0.717, 1.165) is 5.56 Å². The van der Waals surface area contributed by atoms with Gasteiger partial charge in [-0.25, -0.2) is 0 Å². The molecule has 0 bridgehead atoms. The van der Waals surface area contributed by atoms with Gasteiger partial charge in [-0.3, -0.25) is 14.5 Å². The molecule has 144 valence electrons. The van der Waals surface area contributed by atoms with Gasteiger partial charge in [-0.2, -0.15) is 0 Å². The summed E-state index contributed by atoms with van der Waals surface area (Å²) in [7, 11) is 0. The molecule has 1 saturated heterocycles. The highest BCUT2D eigenvalue weighted by atomic mass is 35.5. The first-order chi connectivity index (χ1) is 13.4. The highest BCUT2D eigenvalue weighted by Crippen LogP contribution is 2.27. The van der Waals surface area contributed by atoms with Crippen molar-refractivity contribution in [2.24, 2.45) is 0 Å². The smallest absolute Gasteiger partial charge is 0.256 e. The fraction of sp³-hybridized carbons (Fsp3) is 0.190. The van der Waals surface area contributed by atoms with Crippen molar-refractivity contribution in [1.29, 1.82) is 0 Å². The van der Waals surface area contributed by atoms with Crippen molar-refractivity contribution < 1.29 is 9.59 Å². The van der Waals surface area contributed by atoms with Gasteiger partial charge in [0.15, 0.2) is 5.11 Å². The number of rotatable bonds is 6. The van der Waals surface area contributed by atoms with Gasteiger partial charge in [0.1, 0.15) is 6.04 Å². The summed E-state index contributed by atoms with van der Waals surface area (Å²) >= 11 is 11.5. The molecular formula is C21H20ClN3O2S. The van der Waals surface area contributed by atoms with Gasteiger partial charge in [-0.15, -0.1) is 6.58 Å². The normalized spacial score (nSPS) is 16.4. The zero-order chi connectivity index (χ0) is 20.3. The fourth-order valence-corrected chi connectivity index (χ4v) is 3.65. The Labute approximate surface area is 174 Å². The minimum atomic E-state index is -0.689. The first-order valence-corrected chi connectivity index (χ1v) is 9.57. The van der Waals surface area contributed by atoms with Gasteiger partial charge in [0.05, 0.1) is 12.1 Å². The number of nitrogens with one attached hydrogen (secondary N) is 1. The van der Waals surface area contributed by atoms with Crippen LogP contribution in [0.2, 0.25) is 5.02 Å².